The van der Waals surface area contributed by atoms with Gasteiger partial charge in [0.2, 0.25) is 5.91 Å². The lowest BCUT2D eigenvalue weighted by atomic mass is 10.2. The summed E-state index contributed by atoms with van der Waals surface area (Å²) in [6.07, 6.45) is 32.9. The molecule has 0 atom stereocenters. The largest absolute Gasteiger partial charge is 0.285 e. The first-order valence-corrected chi connectivity index (χ1v) is 9.15. The van der Waals surface area contributed by atoms with Crippen molar-refractivity contribution in [2.24, 2.45) is 0 Å². The van der Waals surface area contributed by atoms with Gasteiger partial charge in [-0.1, -0.05) is 74.8 Å². The molecular formula is C22H33NO. The van der Waals surface area contributed by atoms with Crippen molar-refractivity contribution in [1.82, 2.24) is 5.32 Å². The number of nitrogens with one attached hydrogen (secondary N) is 1. The summed E-state index contributed by atoms with van der Waals surface area (Å²) >= 11 is 0. The first kappa shape index (κ1) is 22.0. The Hall–Kier alpha value is -2.01. The van der Waals surface area contributed by atoms with Crippen molar-refractivity contribution < 1.29 is 4.79 Å². The van der Waals surface area contributed by atoms with Gasteiger partial charge in [0.05, 0.1) is 0 Å². The highest BCUT2D eigenvalue weighted by Gasteiger charge is 1.95. The van der Waals surface area contributed by atoms with Crippen molar-refractivity contribution in [3.63, 3.8) is 0 Å². The van der Waals surface area contributed by atoms with E-state index in [1.165, 1.54) is 25.7 Å². The highest BCUT2D eigenvalue weighted by molar-refractivity contribution is 5.77. The van der Waals surface area contributed by atoms with E-state index in [2.05, 4.69) is 66.9 Å². The molecule has 0 fully saturated rings. The van der Waals surface area contributed by atoms with Gasteiger partial charge >= 0.3 is 0 Å². The van der Waals surface area contributed by atoms with Crippen LogP contribution in [0.15, 0.2) is 48.6 Å². The molecule has 0 aromatic rings. The Labute approximate surface area is 148 Å². The Balaban J connectivity index is 3.45. The van der Waals surface area contributed by atoms with Gasteiger partial charge in [0.15, 0.2) is 0 Å². The standard InChI is InChI=1S/C22H33NO/c1-3-5-6-7-8-9-10-11-12-13-14-15-16-17-18-19-20-21-22(24)23-4-2/h2,8-9,11-12,14-15,17-18H,3,5-7,10,13,16,19-21H2,1H3,(H,23,24). The minimum Gasteiger partial charge on any atom is -0.285 e. The van der Waals surface area contributed by atoms with Crippen molar-refractivity contribution in [3.8, 4) is 12.5 Å². The molecule has 0 aliphatic heterocycles. The van der Waals surface area contributed by atoms with Crippen molar-refractivity contribution in [3.05, 3.63) is 48.6 Å². The number of hydrogen-bond donors (Lipinski definition) is 1. The van der Waals surface area contributed by atoms with Crippen LogP contribution in [0.3, 0.4) is 0 Å². The Morgan fingerprint density at radius 2 is 1.33 bits per heavy atom. The number of terminal acetylenes is 1. The summed E-state index contributed by atoms with van der Waals surface area (Å²) in [7, 11) is 0. The Morgan fingerprint density at radius 1 is 0.833 bits per heavy atom. The SMILES string of the molecule is C#CNC(=O)CCCC=CCC=CCC=CCC=CCCCCC. The molecule has 0 aromatic carbocycles. The van der Waals surface area contributed by atoms with Crippen molar-refractivity contribution in [1.29, 1.82) is 0 Å². The predicted octanol–water partition coefficient (Wildman–Crippen LogP) is 5.84. The smallest absolute Gasteiger partial charge is 0.231 e. The van der Waals surface area contributed by atoms with Gasteiger partial charge in [-0.05, 0) is 44.9 Å². The van der Waals surface area contributed by atoms with Crippen LogP contribution in [0.2, 0.25) is 0 Å². The molecular weight excluding hydrogens is 294 g/mol. The van der Waals surface area contributed by atoms with E-state index in [9.17, 15) is 4.79 Å². The summed E-state index contributed by atoms with van der Waals surface area (Å²) in [5, 5.41) is 2.34. The van der Waals surface area contributed by atoms with Crippen LogP contribution in [0, 0.1) is 12.5 Å². The number of allylic oxidation sites excluding steroid dienone is 8. The number of amides is 1. The summed E-state index contributed by atoms with van der Waals surface area (Å²) in [5.41, 5.74) is 0. The van der Waals surface area contributed by atoms with Crippen LogP contribution in [0.1, 0.15) is 71.1 Å². The van der Waals surface area contributed by atoms with Crippen LogP contribution in [-0.2, 0) is 4.79 Å². The molecule has 0 saturated carbocycles. The molecule has 0 unspecified atom stereocenters. The van der Waals surface area contributed by atoms with Gasteiger partial charge in [0, 0.05) is 12.5 Å². The quantitative estimate of drug-likeness (QED) is 0.185. The molecule has 24 heavy (non-hydrogen) atoms. The van der Waals surface area contributed by atoms with Crippen molar-refractivity contribution in [2.45, 2.75) is 71.1 Å². The van der Waals surface area contributed by atoms with E-state index in [0.717, 1.165) is 32.1 Å². The molecule has 0 radical (unpaired) electrons. The van der Waals surface area contributed by atoms with Crippen LogP contribution in [0.5, 0.6) is 0 Å². The molecule has 0 heterocycles. The highest BCUT2D eigenvalue weighted by atomic mass is 16.1. The van der Waals surface area contributed by atoms with E-state index < -0.39 is 0 Å². The second-order valence-electron chi connectivity index (χ2n) is 5.67. The second kappa shape index (κ2) is 19.0. The lowest BCUT2D eigenvalue weighted by Crippen LogP contribution is -2.16. The zero-order chi connectivity index (χ0) is 17.7. The van der Waals surface area contributed by atoms with E-state index >= 15 is 0 Å². The highest BCUT2D eigenvalue weighted by Crippen LogP contribution is 2.01. The Bertz CT molecular complexity index is 449. The molecule has 0 bridgehead atoms. The zero-order valence-electron chi connectivity index (χ0n) is 15.2. The predicted molar refractivity (Wildman–Crippen MR) is 105 cm³/mol. The fourth-order valence-electron chi connectivity index (χ4n) is 2.08. The van der Waals surface area contributed by atoms with Gasteiger partial charge in [-0.2, -0.15) is 0 Å². The zero-order valence-corrected chi connectivity index (χ0v) is 15.2. The number of rotatable bonds is 14. The van der Waals surface area contributed by atoms with E-state index in [4.69, 9.17) is 6.42 Å². The number of carbonyl (C=O) groups is 1. The first-order valence-electron chi connectivity index (χ1n) is 9.15. The van der Waals surface area contributed by atoms with E-state index in [1.807, 2.05) is 0 Å². The molecule has 0 rings (SSSR count). The van der Waals surface area contributed by atoms with Gasteiger partial charge in [0.25, 0.3) is 0 Å². The van der Waals surface area contributed by atoms with Crippen LogP contribution in [0.25, 0.3) is 0 Å². The maximum absolute atomic E-state index is 11.1. The van der Waals surface area contributed by atoms with E-state index in [1.54, 1.807) is 0 Å². The molecule has 2 heteroatoms. The Kier molecular flexibility index (Phi) is 17.4. The van der Waals surface area contributed by atoms with Crippen LogP contribution in [0.4, 0.5) is 0 Å². The van der Waals surface area contributed by atoms with Crippen LogP contribution in [-0.4, -0.2) is 5.91 Å². The summed E-state index contributed by atoms with van der Waals surface area (Å²) in [5.74, 6) is -0.0756. The minimum absolute atomic E-state index is 0.0756. The monoisotopic (exact) mass is 327 g/mol. The molecule has 132 valence electrons. The van der Waals surface area contributed by atoms with Crippen molar-refractivity contribution in [2.75, 3.05) is 0 Å². The molecule has 0 saturated heterocycles. The summed E-state index contributed by atoms with van der Waals surface area (Å²) in [4.78, 5) is 11.1. The summed E-state index contributed by atoms with van der Waals surface area (Å²) in [6.45, 7) is 2.23. The Morgan fingerprint density at radius 3 is 1.83 bits per heavy atom. The normalized spacial score (nSPS) is 11.8. The van der Waals surface area contributed by atoms with Gasteiger partial charge in [-0.15, -0.1) is 0 Å². The number of carbonyl (C=O) groups excluding carboxylic acids is 1. The average molecular weight is 328 g/mol. The minimum atomic E-state index is -0.0756. The third-order valence-corrected chi connectivity index (χ3v) is 3.44. The van der Waals surface area contributed by atoms with Gasteiger partial charge < -0.3 is 0 Å². The van der Waals surface area contributed by atoms with E-state index in [0.29, 0.717) is 6.42 Å². The average Bonchev–Trinajstić information content (AvgIpc) is 2.58. The molecule has 2 nitrogen and oxygen atoms in total. The fourth-order valence-corrected chi connectivity index (χ4v) is 2.08. The maximum atomic E-state index is 11.1. The topological polar surface area (TPSA) is 29.1 Å². The van der Waals surface area contributed by atoms with Crippen molar-refractivity contribution >= 4 is 5.91 Å². The summed E-state index contributed by atoms with van der Waals surface area (Å²) in [6, 6.07) is 2.14. The number of hydrogen-bond acceptors (Lipinski definition) is 1. The lowest BCUT2D eigenvalue weighted by Gasteiger charge is -1.95. The number of unbranched alkanes of at least 4 members (excludes halogenated alkanes) is 4. The first-order chi connectivity index (χ1) is 11.8. The molecule has 1 N–H and O–H groups in total. The third kappa shape index (κ3) is 18.0. The molecule has 0 aromatic heterocycles. The van der Waals surface area contributed by atoms with E-state index in [-0.39, 0.29) is 5.91 Å². The fraction of sp³-hybridized carbons (Fsp3) is 0.500. The van der Waals surface area contributed by atoms with Crippen LogP contribution < -0.4 is 5.32 Å². The summed E-state index contributed by atoms with van der Waals surface area (Å²) < 4.78 is 0. The lowest BCUT2D eigenvalue weighted by molar-refractivity contribution is -0.120. The maximum Gasteiger partial charge on any atom is 0.231 e. The molecule has 1 amide bonds. The molecule has 0 spiro atoms. The van der Waals surface area contributed by atoms with Gasteiger partial charge in [-0.25, -0.2) is 0 Å². The second-order valence-corrected chi connectivity index (χ2v) is 5.67. The molecule has 0 aliphatic carbocycles. The third-order valence-electron chi connectivity index (χ3n) is 3.44. The molecule has 0 aliphatic rings. The van der Waals surface area contributed by atoms with Gasteiger partial charge in [0.1, 0.15) is 0 Å². The van der Waals surface area contributed by atoms with Gasteiger partial charge in [-0.3, -0.25) is 10.1 Å². The van der Waals surface area contributed by atoms with Crippen LogP contribution >= 0.6 is 0 Å².